The molecule has 1 fully saturated rings. The summed E-state index contributed by atoms with van der Waals surface area (Å²) < 4.78 is 5.70. The molecule has 5 nitrogen and oxygen atoms in total. The van der Waals surface area contributed by atoms with Crippen LogP contribution in [0.5, 0.6) is 0 Å². The number of nitrogens with one attached hydrogen (secondary N) is 1. The molecule has 1 N–H and O–H groups in total. The maximum absolute atomic E-state index is 5.70. The SMILES string of the molecule is CCNC(=NCCc1csc(C)n1)N(C)CCOCC1CC1. The van der Waals surface area contributed by atoms with Crippen LogP contribution in [-0.4, -0.2) is 55.7 Å². The summed E-state index contributed by atoms with van der Waals surface area (Å²) >= 11 is 1.70. The fourth-order valence-electron chi connectivity index (χ4n) is 2.11. The Morgan fingerprint density at radius 2 is 2.36 bits per heavy atom. The van der Waals surface area contributed by atoms with E-state index in [-0.39, 0.29) is 0 Å². The van der Waals surface area contributed by atoms with Gasteiger partial charge in [-0.2, -0.15) is 0 Å². The lowest BCUT2D eigenvalue weighted by Gasteiger charge is -2.22. The van der Waals surface area contributed by atoms with Crippen molar-refractivity contribution < 1.29 is 4.74 Å². The number of likely N-dealkylation sites (N-methyl/N-ethyl adjacent to an activating group) is 1. The average molecular weight is 324 g/mol. The predicted molar refractivity (Wildman–Crippen MR) is 92.7 cm³/mol. The zero-order valence-corrected chi connectivity index (χ0v) is 14.8. The van der Waals surface area contributed by atoms with Crippen LogP contribution in [0.2, 0.25) is 0 Å². The minimum absolute atomic E-state index is 0.763. The molecule has 6 heteroatoms. The van der Waals surface area contributed by atoms with Crippen molar-refractivity contribution in [2.45, 2.75) is 33.1 Å². The van der Waals surface area contributed by atoms with Crippen molar-refractivity contribution >= 4 is 17.3 Å². The van der Waals surface area contributed by atoms with Gasteiger partial charge in [-0.05, 0) is 32.6 Å². The Morgan fingerprint density at radius 1 is 1.55 bits per heavy atom. The summed E-state index contributed by atoms with van der Waals surface area (Å²) in [6.07, 6.45) is 3.58. The maximum atomic E-state index is 5.70. The third-order valence-electron chi connectivity index (χ3n) is 3.61. The van der Waals surface area contributed by atoms with Crippen molar-refractivity contribution in [3.63, 3.8) is 0 Å². The third kappa shape index (κ3) is 6.32. The number of guanidine groups is 1. The van der Waals surface area contributed by atoms with Gasteiger partial charge in [0, 0.05) is 45.1 Å². The van der Waals surface area contributed by atoms with E-state index >= 15 is 0 Å². The van der Waals surface area contributed by atoms with E-state index in [2.05, 4.69) is 39.5 Å². The fraction of sp³-hybridized carbons (Fsp3) is 0.750. The highest BCUT2D eigenvalue weighted by Crippen LogP contribution is 2.28. The first kappa shape index (κ1) is 17.2. The Morgan fingerprint density at radius 3 is 3.00 bits per heavy atom. The average Bonchev–Trinajstić information content (AvgIpc) is 3.24. The minimum atomic E-state index is 0.763. The molecule has 0 bridgehead atoms. The van der Waals surface area contributed by atoms with Crippen molar-refractivity contribution in [3.05, 3.63) is 16.1 Å². The Kier molecular flexibility index (Phi) is 7.12. The molecule has 1 aromatic rings. The lowest BCUT2D eigenvalue weighted by atomic mass is 10.3. The number of aliphatic imine (C=N–C) groups is 1. The van der Waals surface area contributed by atoms with Gasteiger partial charge in [-0.25, -0.2) is 4.98 Å². The topological polar surface area (TPSA) is 49.8 Å². The smallest absolute Gasteiger partial charge is 0.193 e. The second-order valence-electron chi connectivity index (χ2n) is 5.78. The molecule has 22 heavy (non-hydrogen) atoms. The predicted octanol–water partition coefficient (Wildman–Crippen LogP) is 2.32. The largest absolute Gasteiger partial charge is 0.379 e. The van der Waals surface area contributed by atoms with Crippen LogP contribution in [0.25, 0.3) is 0 Å². The Bertz CT molecular complexity index is 470. The van der Waals surface area contributed by atoms with Gasteiger partial charge in [0.1, 0.15) is 0 Å². The van der Waals surface area contributed by atoms with Crippen LogP contribution in [0.3, 0.4) is 0 Å². The lowest BCUT2D eigenvalue weighted by molar-refractivity contribution is 0.115. The second kappa shape index (κ2) is 9.10. The molecule has 1 heterocycles. The number of aromatic nitrogens is 1. The maximum Gasteiger partial charge on any atom is 0.193 e. The quantitative estimate of drug-likeness (QED) is 0.430. The van der Waals surface area contributed by atoms with E-state index in [1.807, 2.05) is 6.92 Å². The Hall–Kier alpha value is -1.14. The Balaban J connectivity index is 1.71. The summed E-state index contributed by atoms with van der Waals surface area (Å²) in [5.41, 5.74) is 1.14. The van der Waals surface area contributed by atoms with Crippen molar-refractivity contribution in [1.82, 2.24) is 15.2 Å². The highest BCUT2D eigenvalue weighted by molar-refractivity contribution is 7.09. The number of hydrogen-bond acceptors (Lipinski definition) is 4. The van der Waals surface area contributed by atoms with Crippen LogP contribution in [0, 0.1) is 12.8 Å². The molecule has 1 saturated carbocycles. The molecule has 0 atom stereocenters. The number of rotatable bonds is 9. The second-order valence-corrected chi connectivity index (χ2v) is 6.85. The molecule has 0 unspecified atom stereocenters. The van der Waals surface area contributed by atoms with Crippen LogP contribution in [0.1, 0.15) is 30.5 Å². The van der Waals surface area contributed by atoms with Gasteiger partial charge in [0.25, 0.3) is 0 Å². The van der Waals surface area contributed by atoms with E-state index in [1.165, 1.54) is 12.8 Å². The van der Waals surface area contributed by atoms with Gasteiger partial charge in [0.15, 0.2) is 5.96 Å². The van der Waals surface area contributed by atoms with Gasteiger partial charge in [0.2, 0.25) is 0 Å². The number of aryl methyl sites for hydroxylation is 1. The van der Waals surface area contributed by atoms with Gasteiger partial charge in [-0.3, -0.25) is 4.99 Å². The van der Waals surface area contributed by atoms with E-state index in [4.69, 9.17) is 4.74 Å². The molecule has 0 saturated heterocycles. The molecule has 0 aliphatic heterocycles. The molecular weight excluding hydrogens is 296 g/mol. The van der Waals surface area contributed by atoms with Crippen molar-refractivity contribution in [1.29, 1.82) is 0 Å². The van der Waals surface area contributed by atoms with Crippen LogP contribution in [0.15, 0.2) is 10.4 Å². The van der Waals surface area contributed by atoms with Gasteiger partial charge < -0.3 is 15.0 Å². The number of ether oxygens (including phenoxy) is 1. The van der Waals surface area contributed by atoms with E-state index < -0.39 is 0 Å². The van der Waals surface area contributed by atoms with E-state index in [0.29, 0.717) is 0 Å². The zero-order chi connectivity index (χ0) is 15.8. The first-order chi connectivity index (χ1) is 10.7. The van der Waals surface area contributed by atoms with Gasteiger partial charge >= 0.3 is 0 Å². The summed E-state index contributed by atoms with van der Waals surface area (Å²) in [4.78, 5) is 11.3. The van der Waals surface area contributed by atoms with Crippen molar-refractivity contribution in [3.8, 4) is 0 Å². The molecule has 0 amide bonds. The van der Waals surface area contributed by atoms with E-state index in [0.717, 1.165) is 61.8 Å². The van der Waals surface area contributed by atoms with E-state index in [9.17, 15) is 0 Å². The van der Waals surface area contributed by atoms with Crippen LogP contribution in [-0.2, 0) is 11.2 Å². The summed E-state index contributed by atoms with van der Waals surface area (Å²) in [5, 5.41) is 6.58. The van der Waals surface area contributed by atoms with E-state index in [1.54, 1.807) is 11.3 Å². The van der Waals surface area contributed by atoms with Crippen LogP contribution in [0.4, 0.5) is 0 Å². The summed E-state index contributed by atoms with van der Waals surface area (Å²) in [6, 6.07) is 0. The molecule has 1 aliphatic rings. The normalized spacial score (nSPS) is 15.1. The molecule has 2 rings (SSSR count). The molecular formula is C16H28N4OS. The molecule has 0 radical (unpaired) electrons. The number of hydrogen-bond donors (Lipinski definition) is 1. The fourth-order valence-corrected chi connectivity index (χ4v) is 2.76. The monoisotopic (exact) mass is 324 g/mol. The number of nitrogens with zero attached hydrogens (tertiary/aromatic N) is 3. The molecule has 0 spiro atoms. The Labute approximate surface area is 137 Å². The lowest BCUT2D eigenvalue weighted by Crippen LogP contribution is -2.40. The van der Waals surface area contributed by atoms with Crippen molar-refractivity contribution in [2.24, 2.45) is 10.9 Å². The molecule has 1 aliphatic carbocycles. The third-order valence-corrected chi connectivity index (χ3v) is 4.44. The van der Waals surface area contributed by atoms with Gasteiger partial charge in [-0.15, -0.1) is 11.3 Å². The molecule has 0 aromatic carbocycles. The summed E-state index contributed by atoms with van der Waals surface area (Å²) in [7, 11) is 2.06. The van der Waals surface area contributed by atoms with Crippen LogP contribution >= 0.6 is 11.3 Å². The first-order valence-electron chi connectivity index (χ1n) is 8.17. The van der Waals surface area contributed by atoms with Gasteiger partial charge in [-0.1, -0.05) is 0 Å². The zero-order valence-electron chi connectivity index (χ0n) is 14.0. The van der Waals surface area contributed by atoms with Crippen molar-refractivity contribution in [2.75, 3.05) is 39.9 Å². The highest BCUT2D eigenvalue weighted by Gasteiger charge is 2.21. The number of thiazole rings is 1. The van der Waals surface area contributed by atoms with Gasteiger partial charge in [0.05, 0.1) is 17.3 Å². The molecule has 1 aromatic heterocycles. The molecule has 124 valence electrons. The highest BCUT2D eigenvalue weighted by atomic mass is 32.1. The summed E-state index contributed by atoms with van der Waals surface area (Å²) in [6.45, 7) is 8.33. The standard InChI is InChI=1S/C16H28N4OS/c1-4-17-16(18-8-7-15-12-22-13(2)19-15)20(3)9-10-21-11-14-5-6-14/h12,14H,4-11H2,1-3H3,(H,17,18). The first-order valence-corrected chi connectivity index (χ1v) is 9.05. The van der Waals surface area contributed by atoms with Crippen LogP contribution < -0.4 is 5.32 Å². The summed E-state index contributed by atoms with van der Waals surface area (Å²) in [5.74, 6) is 1.78. The minimum Gasteiger partial charge on any atom is -0.379 e.